The number of benzene rings is 2. The van der Waals surface area contributed by atoms with Crippen molar-refractivity contribution in [1.82, 2.24) is 15.5 Å². The van der Waals surface area contributed by atoms with E-state index in [1.165, 1.54) is 0 Å². The maximum atomic E-state index is 13.9. The first-order valence-electron chi connectivity index (χ1n) is 11.0. The molecule has 34 heavy (non-hydrogen) atoms. The van der Waals surface area contributed by atoms with E-state index in [0.717, 1.165) is 23.9 Å². The standard InChI is InChI=1S/C24H27ClF2N4O3/c1-15(2)22(29-23(33)21-18(26)4-3-5-19(21)27)24(34)28-14-20(32)31-12-10-30(11-13-31)17-8-6-16(25)7-9-17/h3-9,15,22H,10-14H2,1-2H3,(H,28,34)(H,29,33)/t22-/m0/s1. The monoisotopic (exact) mass is 492 g/mol. The van der Waals surface area contributed by atoms with Crippen molar-refractivity contribution in [1.29, 1.82) is 0 Å². The Labute approximate surface area is 202 Å². The summed E-state index contributed by atoms with van der Waals surface area (Å²) in [6.07, 6.45) is 0. The summed E-state index contributed by atoms with van der Waals surface area (Å²) < 4.78 is 27.8. The topological polar surface area (TPSA) is 81.8 Å². The summed E-state index contributed by atoms with van der Waals surface area (Å²) in [6.45, 7) is 5.38. The van der Waals surface area contributed by atoms with Crippen LogP contribution in [0.2, 0.25) is 5.02 Å². The molecule has 2 aromatic rings. The molecule has 1 aliphatic heterocycles. The minimum Gasteiger partial charge on any atom is -0.368 e. The molecule has 1 heterocycles. The number of carbonyl (C=O) groups is 3. The molecule has 0 aliphatic carbocycles. The molecule has 1 fully saturated rings. The van der Waals surface area contributed by atoms with Crippen LogP contribution in [0.5, 0.6) is 0 Å². The Kier molecular flexibility index (Phi) is 8.44. The molecule has 1 atom stereocenters. The van der Waals surface area contributed by atoms with E-state index < -0.39 is 35.1 Å². The summed E-state index contributed by atoms with van der Waals surface area (Å²) in [4.78, 5) is 41.5. The Morgan fingerprint density at radius 2 is 1.56 bits per heavy atom. The Bertz CT molecular complexity index is 1020. The third-order valence-electron chi connectivity index (χ3n) is 5.66. The zero-order valence-electron chi connectivity index (χ0n) is 19.0. The van der Waals surface area contributed by atoms with E-state index >= 15 is 0 Å². The van der Waals surface area contributed by atoms with Crippen molar-refractivity contribution < 1.29 is 23.2 Å². The molecule has 1 aliphatic rings. The molecule has 7 nitrogen and oxygen atoms in total. The largest absolute Gasteiger partial charge is 0.368 e. The van der Waals surface area contributed by atoms with Crippen LogP contribution in [0.1, 0.15) is 24.2 Å². The van der Waals surface area contributed by atoms with E-state index in [0.29, 0.717) is 31.2 Å². The van der Waals surface area contributed by atoms with Gasteiger partial charge in [0.25, 0.3) is 5.91 Å². The van der Waals surface area contributed by atoms with Crippen LogP contribution in [-0.2, 0) is 9.59 Å². The van der Waals surface area contributed by atoms with Crippen LogP contribution in [0, 0.1) is 17.6 Å². The van der Waals surface area contributed by atoms with Gasteiger partial charge in [0.05, 0.1) is 6.54 Å². The van der Waals surface area contributed by atoms with Gasteiger partial charge < -0.3 is 20.4 Å². The molecule has 1 saturated heterocycles. The predicted octanol–water partition coefficient (Wildman–Crippen LogP) is 2.84. The molecule has 0 spiro atoms. The molecule has 3 rings (SSSR count). The summed E-state index contributed by atoms with van der Waals surface area (Å²) in [5.74, 6) is -4.31. The highest BCUT2D eigenvalue weighted by Crippen LogP contribution is 2.19. The quantitative estimate of drug-likeness (QED) is 0.623. The minimum atomic E-state index is -1.07. The lowest BCUT2D eigenvalue weighted by atomic mass is 10.0. The normalized spacial score (nSPS) is 14.6. The lowest BCUT2D eigenvalue weighted by molar-refractivity contribution is -0.133. The molecule has 0 bridgehead atoms. The summed E-state index contributed by atoms with van der Waals surface area (Å²) >= 11 is 5.93. The van der Waals surface area contributed by atoms with Gasteiger partial charge in [0, 0.05) is 36.9 Å². The Hall–Kier alpha value is -3.20. The fraction of sp³-hybridized carbons (Fsp3) is 0.375. The minimum absolute atomic E-state index is 0.243. The first-order chi connectivity index (χ1) is 16.2. The Balaban J connectivity index is 1.52. The number of hydrogen-bond acceptors (Lipinski definition) is 4. The number of amides is 3. The summed E-state index contributed by atoms with van der Waals surface area (Å²) in [5, 5.41) is 5.56. The molecular weight excluding hydrogens is 466 g/mol. The van der Waals surface area contributed by atoms with Crippen LogP contribution < -0.4 is 15.5 Å². The van der Waals surface area contributed by atoms with E-state index in [1.807, 2.05) is 24.3 Å². The number of nitrogens with one attached hydrogen (secondary N) is 2. The first-order valence-corrected chi connectivity index (χ1v) is 11.4. The average Bonchev–Trinajstić information content (AvgIpc) is 2.81. The van der Waals surface area contributed by atoms with Crippen molar-refractivity contribution in [3.63, 3.8) is 0 Å². The van der Waals surface area contributed by atoms with Gasteiger partial charge in [-0.3, -0.25) is 14.4 Å². The fourth-order valence-corrected chi connectivity index (χ4v) is 3.84. The third kappa shape index (κ3) is 6.22. The second-order valence-electron chi connectivity index (χ2n) is 8.35. The van der Waals surface area contributed by atoms with Crippen molar-refractivity contribution in [2.75, 3.05) is 37.6 Å². The zero-order chi connectivity index (χ0) is 24.8. The van der Waals surface area contributed by atoms with Gasteiger partial charge in [0.15, 0.2) is 0 Å². The number of nitrogens with zero attached hydrogens (tertiary/aromatic N) is 2. The van der Waals surface area contributed by atoms with Crippen molar-refractivity contribution in [3.05, 3.63) is 64.7 Å². The van der Waals surface area contributed by atoms with Crippen molar-refractivity contribution in [2.45, 2.75) is 19.9 Å². The van der Waals surface area contributed by atoms with Crippen LogP contribution in [0.3, 0.4) is 0 Å². The smallest absolute Gasteiger partial charge is 0.257 e. The maximum Gasteiger partial charge on any atom is 0.257 e. The Morgan fingerprint density at radius 3 is 2.12 bits per heavy atom. The van der Waals surface area contributed by atoms with Crippen LogP contribution in [-0.4, -0.2) is 61.4 Å². The van der Waals surface area contributed by atoms with Crippen LogP contribution in [0.4, 0.5) is 14.5 Å². The van der Waals surface area contributed by atoms with E-state index in [2.05, 4.69) is 15.5 Å². The van der Waals surface area contributed by atoms with Gasteiger partial charge in [0.2, 0.25) is 11.8 Å². The number of rotatable bonds is 7. The summed E-state index contributed by atoms with van der Waals surface area (Å²) in [7, 11) is 0. The molecule has 10 heteroatoms. The van der Waals surface area contributed by atoms with Crippen LogP contribution in [0.15, 0.2) is 42.5 Å². The molecule has 0 radical (unpaired) electrons. The van der Waals surface area contributed by atoms with Gasteiger partial charge in [-0.05, 0) is 42.3 Å². The number of carbonyl (C=O) groups excluding carboxylic acids is 3. The lowest BCUT2D eigenvalue weighted by Crippen LogP contribution is -2.54. The van der Waals surface area contributed by atoms with E-state index in [4.69, 9.17) is 11.6 Å². The predicted molar refractivity (Wildman–Crippen MR) is 126 cm³/mol. The van der Waals surface area contributed by atoms with E-state index in [9.17, 15) is 23.2 Å². The van der Waals surface area contributed by atoms with Gasteiger partial charge in [0.1, 0.15) is 23.2 Å². The number of hydrogen-bond donors (Lipinski definition) is 2. The Morgan fingerprint density at radius 1 is 0.971 bits per heavy atom. The number of halogens is 3. The first kappa shape index (κ1) is 25.4. The van der Waals surface area contributed by atoms with Gasteiger partial charge in [-0.1, -0.05) is 31.5 Å². The molecular formula is C24H27ClF2N4O3. The van der Waals surface area contributed by atoms with Gasteiger partial charge in [-0.15, -0.1) is 0 Å². The molecule has 0 aromatic heterocycles. The van der Waals surface area contributed by atoms with Gasteiger partial charge >= 0.3 is 0 Å². The third-order valence-corrected chi connectivity index (χ3v) is 5.92. The lowest BCUT2D eigenvalue weighted by Gasteiger charge is -2.36. The number of piperazine rings is 1. The average molecular weight is 493 g/mol. The maximum absolute atomic E-state index is 13.9. The van der Waals surface area contributed by atoms with E-state index in [1.54, 1.807) is 18.7 Å². The molecule has 0 unspecified atom stereocenters. The summed E-state index contributed by atoms with van der Waals surface area (Å²) in [5.41, 5.74) is 0.266. The van der Waals surface area contributed by atoms with Crippen molar-refractivity contribution >= 4 is 35.0 Å². The molecule has 2 N–H and O–H groups in total. The number of anilines is 1. The fourth-order valence-electron chi connectivity index (χ4n) is 3.71. The summed E-state index contributed by atoms with van der Waals surface area (Å²) in [6, 6.07) is 9.49. The van der Waals surface area contributed by atoms with Gasteiger partial charge in [-0.2, -0.15) is 0 Å². The highest BCUT2D eigenvalue weighted by Gasteiger charge is 2.28. The highest BCUT2D eigenvalue weighted by atomic mass is 35.5. The zero-order valence-corrected chi connectivity index (χ0v) is 19.7. The molecule has 0 saturated carbocycles. The van der Waals surface area contributed by atoms with Gasteiger partial charge in [-0.25, -0.2) is 8.78 Å². The molecule has 2 aromatic carbocycles. The van der Waals surface area contributed by atoms with Crippen molar-refractivity contribution in [3.8, 4) is 0 Å². The van der Waals surface area contributed by atoms with E-state index in [-0.39, 0.29) is 18.4 Å². The second-order valence-corrected chi connectivity index (χ2v) is 8.79. The molecule has 3 amide bonds. The second kappa shape index (κ2) is 11.3. The highest BCUT2D eigenvalue weighted by molar-refractivity contribution is 6.30. The molecule has 182 valence electrons. The van der Waals surface area contributed by atoms with Crippen molar-refractivity contribution in [2.24, 2.45) is 5.92 Å². The van der Waals surface area contributed by atoms with Crippen LogP contribution in [0.25, 0.3) is 0 Å². The SMILES string of the molecule is CC(C)[C@H](NC(=O)c1c(F)cccc1F)C(=O)NCC(=O)N1CCN(c2ccc(Cl)cc2)CC1. The van der Waals surface area contributed by atoms with Crippen LogP contribution >= 0.6 is 11.6 Å².